The highest BCUT2D eigenvalue weighted by Gasteiger charge is 2.16. The SMILES string of the molecule is CCCCOc1ccc(Br)cc1C(=O)Oc1ccc(C(=O)O)cc1. The van der Waals surface area contributed by atoms with Gasteiger partial charge < -0.3 is 14.6 Å². The molecule has 2 aromatic rings. The first-order valence-corrected chi connectivity index (χ1v) is 8.28. The average Bonchev–Trinajstić information content (AvgIpc) is 2.56. The molecule has 2 rings (SSSR count). The molecule has 0 radical (unpaired) electrons. The molecule has 0 bridgehead atoms. The van der Waals surface area contributed by atoms with Gasteiger partial charge in [-0.3, -0.25) is 0 Å². The fraction of sp³-hybridized carbons (Fsp3) is 0.222. The predicted octanol–water partition coefficient (Wildman–Crippen LogP) is 4.55. The van der Waals surface area contributed by atoms with Gasteiger partial charge in [0.05, 0.1) is 12.2 Å². The number of unbranched alkanes of at least 4 members (excludes halogenated alkanes) is 1. The molecule has 5 nitrogen and oxygen atoms in total. The normalized spacial score (nSPS) is 10.2. The minimum absolute atomic E-state index is 0.126. The van der Waals surface area contributed by atoms with Gasteiger partial charge in [0.25, 0.3) is 0 Å². The number of hydrogen-bond donors (Lipinski definition) is 1. The lowest BCUT2D eigenvalue weighted by molar-refractivity contribution is 0.0696. The zero-order valence-corrected chi connectivity index (χ0v) is 14.7. The highest BCUT2D eigenvalue weighted by molar-refractivity contribution is 9.10. The Morgan fingerprint density at radius 2 is 1.83 bits per heavy atom. The van der Waals surface area contributed by atoms with Crippen molar-refractivity contribution in [2.45, 2.75) is 19.8 Å². The molecule has 24 heavy (non-hydrogen) atoms. The summed E-state index contributed by atoms with van der Waals surface area (Å²) < 4.78 is 11.7. The lowest BCUT2D eigenvalue weighted by Crippen LogP contribution is -2.11. The number of carbonyl (C=O) groups is 2. The Morgan fingerprint density at radius 3 is 2.46 bits per heavy atom. The van der Waals surface area contributed by atoms with E-state index < -0.39 is 11.9 Å². The number of rotatable bonds is 7. The van der Waals surface area contributed by atoms with Gasteiger partial charge >= 0.3 is 11.9 Å². The van der Waals surface area contributed by atoms with Crippen molar-refractivity contribution in [3.05, 3.63) is 58.1 Å². The lowest BCUT2D eigenvalue weighted by atomic mass is 10.2. The second-order valence-electron chi connectivity index (χ2n) is 5.06. The first kappa shape index (κ1) is 18.0. The van der Waals surface area contributed by atoms with E-state index in [2.05, 4.69) is 22.9 Å². The molecule has 0 heterocycles. The van der Waals surface area contributed by atoms with Crippen LogP contribution in [0.15, 0.2) is 46.9 Å². The van der Waals surface area contributed by atoms with Gasteiger partial charge in [-0.25, -0.2) is 9.59 Å². The molecule has 0 aromatic heterocycles. The van der Waals surface area contributed by atoms with Gasteiger partial charge in [0.2, 0.25) is 0 Å². The Hall–Kier alpha value is -2.34. The number of esters is 1. The fourth-order valence-electron chi connectivity index (χ4n) is 1.94. The molecule has 0 saturated heterocycles. The van der Waals surface area contributed by atoms with Crippen molar-refractivity contribution >= 4 is 27.9 Å². The molecule has 0 amide bonds. The highest BCUT2D eigenvalue weighted by Crippen LogP contribution is 2.25. The lowest BCUT2D eigenvalue weighted by Gasteiger charge is -2.11. The van der Waals surface area contributed by atoms with E-state index in [0.29, 0.717) is 17.9 Å². The van der Waals surface area contributed by atoms with Crippen LogP contribution in [0.1, 0.15) is 40.5 Å². The first-order valence-electron chi connectivity index (χ1n) is 7.49. The van der Waals surface area contributed by atoms with E-state index in [1.165, 1.54) is 24.3 Å². The monoisotopic (exact) mass is 392 g/mol. The second kappa shape index (κ2) is 8.49. The first-order chi connectivity index (χ1) is 11.5. The summed E-state index contributed by atoms with van der Waals surface area (Å²) >= 11 is 3.33. The minimum Gasteiger partial charge on any atom is -0.493 e. The minimum atomic E-state index is -1.04. The zero-order valence-electron chi connectivity index (χ0n) is 13.1. The molecular weight excluding hydrogens is 376 g/mol. The molecule has 0 aliphatic rings. The van der Waals surface area contributed by atoms with Crippen LogP contribution >= 0.6 is 15.9 Å². The number of carboxylic acid groups (broad SMARTS) is 1. The van der Waals surface area contributed by atoms with Crippen LogP contribution in [0.4, 0.5) is 0 Å². The van der Waals surface area contributed by atoms with Gasteiger partial charge in [0.1, 0.15) is 17.1 Å². The van der Waals surface area contributed by atoms with Gasteiger partial charge in [-0.05, 0) is 48.9 Å². The highest BCUT2D eigenvalue weighted by atomic mass is 79.9. The number of halogens is 1. The topological polar surface area (TPSA) is 72.8 Å². The number of carboxylic acids is 1. The van der Waals surface area contributed by atoms with Gasteiger partial charge in [-0.15, -0.1) is 0 Å². The molecule has 6 heteroatoms. The third-order valence-corrected chi connectivity index (χ3v) is 3.72. The summed E-state index contributed by atoms with van der Waals surface area (Å²) in [6, 6.07) is 10.8. The van der Waals surface area contributed by atoms with Gasteiger partial charge in [0.15, 0.2) is 0 Å². The van der Waals surface area contributed by atoms with Crippen LogP contribution in [-0.4, -0.2) is 23.7 Å². The Labute approximate surface area is 148 Å². The summed E-state index contributed by atoms with van der Waals surface area (Å²) in [5.74, 6) is -0.874. The summed E-state index contributed by atoms with van der Waals surface area (Å²) in [7, 11) is 0. The molecular formula is C18H17BrO5. The van der Waals surface area contributed by atoms with Crippen LogP contribution < -0.4 is 9.47 Å². The van der Waals surface area contributed by atoms with E-state index in [0.717, 1.165) is 17.3 Å². The van der Waals surface area contributed by atoms with E-state index in [9.17, 15) is 9.59 Å². The van der Waals surface area contributed by atoms with E-state index >= 15 is 0 Å². The molecule has 1 N–H and O–H groups in total. The molecule has 0 spiro atoms. The number of ether oxygens (including phenoxy) is 2. The Morgan fingerprint density at radius 1 is 1.12 bits per heavy atom. The van der Waals surface area contributed by atoms with E-state index in [4.69, 9.17) is 14.6 Å². The Balaban J connectivity index is 2.15. The Bertz CT molecular complexity index is 725. The molecule has 0 unspecified atom stereocenters. The van der Waals surface area contributed by atoms with Crippen molar-refractivity contribution < 1.29 is 24.2 Å². The summed E-state index contributed by atoms with van der Waals surface area (Å²) in [4.78, 5) is 23.2. The van der Waals surface area contributed by atoms with E-state index in [1.54, 1.807) is 18.2 Å². The zero-order chi connectivity index (χ0) is 17.5. The quantitative estimate of drug-likeness (QED) is 0.425. The maximum atomic E-state index is 12.4. The number of aromatic carboxylic acids is 1. The van der Waals surface area contributed by atoms with Crippen LogP contribution in [0, 0.1) is 0 Å². The Kier molecular flexibility index (Phi) is 6.37. The third-order valence-electron chi connectivity index (χ3n) is 3.23. The maximum Gasteiger partial charge on any atom is 0.347 e. The maximum absolute atomic E-state index is 12.4. The van der Waals surface area contributed by atoms with Crippen LogP contribution in [-0.2, 0) is 0 Å². The molecule has 126 valence electrons. The van der Waals surface area contributed by atoms with Gasteiger partial charge in [-0.1, -0.05) is 29.3 Å². The largest absolute Gasteiger partial charge is 0.493 e. The van der Waals surface area contributed by atoms with Crippen molar-refractivity contribution in [3.63, 3.8) is 0 Å². The molecule has 2 aromatic carbocycles. The number of carbonyl (C=O) groups excluding carboxylic acids is 1. The predicted molar refractivity (Wildman–Crippen MR) is 92.9 cm³/mol. The molecule has 0 saturated carbocycles. The van der Waals surface area contributed by atoms with Gasteiger partial charge in [0, 0.05) is 4.47 Å². The molecule has 0 atom stereocenters. The van der Waals surface area contributed by atoms with Crippen molar-refractivity contribution in [2.75, 3.05) is 6.61 Å². The van der Waals surface area contributed by atoms with Crippen LogP contribution in [0.25, 0.3) is 0 Å². The summed E-state index contributed by atoms with van der Waals surface area (Å²) in [5.41, 5.74) is 0.434. The number of benzene rings is 2. The van der Waals surface area contributed by atoms with Crippen LogP contribution in [0.3, 0.4) is 0 Å². The van der Waals surface area contributed by atoms with Crippen LogP contribution in [0.2, 0.25) is 0 Å². The molecule has 0 fully saturated rings. The summed E-state index contributed by atoms with van der Waals surface area (Å²) in [5, 5.41) is 8.88. The fourth-order valence-corrected chi connectivity index (χ4v) is 2.30. The summed E-state index contributed by atoms with van der Waals surface area (Å²) in [6.07, 6.45) is 1.88. The van der Waals surface area contributed by atoms with Crippen molar-refractivity contribution in [1.82, 2.24) is 0 Å². The van der Waals surface area contributed by atoms with Gasteiger partial charge in [-0.2, -0.15) is 0 Å². The van der Waals surface area contributed by atoms with Crippen molar-refractivity contribution in [2.24, 2.45) is 0 Å². The van der Waals surface area contributed by atoms with Crippen molar-refractivity contribution in [1.29, 1.82) is 0 Å². The van der Waals surface area contributed by atoms with Crippen LogP contribution in [0.5, 0.6) is 11.5 Å². The molecule has 0 aliphatic heterocycles. The smallest absolute Gasteiger partial charge is 0.347 e. The van der Waals surface area contributed by atoms with Crippen molar-refractivity contribution in [3.8, 4) is 11.5 Å². The van der Waals surface area contributed by atoms with E-state index in [1.807, 2.05) is 0 Å². The van der Waals surface area contributed by atoms with E-state index in [-0.39, 0.29) is 11.3 Å². The number of hydrogen-bond acceptors (Lipinski definition) is 4. The standard InChI is InChI=1S/C18H17BrO5/c1-2-3-10-23-16-9-6-13(19)11-15(16)18(22)24-14-7-4-12(5-8-14)17(20)21/h4-9,11H,2-3,10H2,1H3,(H,20,21). The average molecular weight is 393 g/mol. The second-order valence-corrected chi connectivity index (χ2v) is 5.98. The summed E-state index contributed by atoms with van der Waals surface area (Å²) in [6.45, 7) is 2.58. The third kappa shape index (κ3) is 4.83. The molecule has 0 aliphatic carbocycles.